The maximum absolute atomic E-state index is 10.7. The lowest BCUT2D eigenvalue weighted by Gasteiger charge is -2.33. The summed E-state index contributed by atoms with van der Waals surface area (Å²) in [4.78, 5) is 25.1. The van der Waals surface area contributed by atoms with Crippen LogP contribution in [0.15, 0.2) is 0 Å². The molecule has 1 fully saturated rings. The van der Waals surface area contributed by atoms with Crippen LogP contribution in [-0.4, -0.2) is 41.2 Å². The highest BCUT2D eigenvalue weighted by atomic mass is 35.5. The van der Waals surface area contributed by atoms with Crippen molar-refractivity contribution in [2.75, 3.05) is 13.2 Å². The molecule has 70 valence electrons. The molecule has 1 aliphatic heterocycles. The first-order valence-corrected chi connectivity index (χ1v) is 3.03. The van der Waals surface area contributed by atoms with E-state index >= 15 is 0 Å². The highest BCUT2D eigenvalue weighted by Crippen LogP contribution is 2.07. The van der Waals surface area contributed by atoms with E-state index in [1.807, 2.05) is 0 Å². The van der Waals surface area contributed by atoms with Gasteiger partial charge in [-0.15, -0.1) is 12.4 Å². The third-order valence-electron chi connectivity index (χ3n) is 1.27. The van der Waals surface area contributed by atoms with Gasteiger partial charge in [0.1, 0.15) is 6.04 Å². The summed E-state index contributed by atoms with van der Waals surface area (Å²) in [5, 5.41) is 9.08. The predicted molar refractivity (Wildman–Crippen MR) is 40.5 cm³/mol. The van der Waals surface area contributed by atoms with E-state index in [1.54, 1.807) is 0 Å². The van der Waals surface area contributed by atoms with E-state index in [9.17, 15) is 9.59 Å². The first-order chi connectivity index (χ1) is 5.11. The van der Waals surface area contributed by atoms with Crippen LogP contribution in [0.1, 0.15) is 0 Å². The van der Waals surface area contributed by atoms with Gasteiger partial charge in [0.25, 0.3) is 5.91 Å². The van der Waals surface area contributed by atoms with E-state index in [4.69, 9.17) is 10.8 Å². The van der Waals surface area contributed by atoms with Gasteiger partial charge >= 0.3 is 5.97 Å². The lowest BCUT2D eigenvalue weighted by molar-refractivity contribution is -0.214. The molecule has 1 saturated heterocycles. The zero-order chi connectivity index (χ0) is 8.43. The Hall–Kier alpha value is -0.850. The minimum absolute atomic E-state index is 0. The van der Waals surface area contributed by atoms with Crippen molar-refractivity contribution < 1.29 is 19.5 Å². The lowest BCUT2D eigenvalue weighted by Crippen LogP contribution is -2.60. The topological polar surface area (TPSA) is 92.9 Å². The van der Waals surface area contributed by atoms with Gasteiger partial charge < -0.3 is 10.8 Å². The van der Waals surface area contributed by atoms with Crippen molar-refractivity contribution in [2.45, 2.75) is 6.04 Å². The number of carbonyl (C=O) groups is 2. The van der Waals surface area contributed by atoms with Crippen LogP contribution in [0.2, 0.25) is 0 Å². The van der Waals surface area contributed by atoms with Crippen molar-refractivity contribution in [3.8, 4) is 0 Å². The monoisotopic (exact) mass is 196 g/mol. The van der Waals surface area contributed by atoms with Gasteiger partial charge in [0.2, 0.25) is 0 Å². The van der Waals surface area contributed by atoms with Crippen LogP contribution in [-0.2, 0) is 14.4 Å². The standard InChI is InChI=1S/C5H8N2O4.ClH/c6-3-1-7(5(3)10)11-2-4(8)9;/h3H,1-2,6H2,(H,8,9);1H. The fourth-order valence-corrected chi connectivity index (χ4v) is 0.669. The number of nitrogens with two attached hydrogens (primary N) is 1. The quantitative estimate of drug-likeness (QED) is 0.542. The summed E-state index contributed by atoms with van der Waals surface area (Å²) in [6.45, 7) is -0.232. The number of hydrogen-bond acceptors (Lipinski definition) is 4. The second kappa shape index (κ2) is 4.24. The molecule has 1 unspecified atom stereocenters. The number of halogens is 1. The summed E-state index contributed by atoms with van der Waals surface area (Å²) in [6.07, 6.45) is 0. The molecule has 12 heavy (non-hydrogen) atoms. The summed E-state index contributed by atoms with van der Waals surface area (Å²) in [6, 6.07) is -0.524. The Balaban J connectivity index is 0.00000121. The number of carboxylic acid groups (broad SMARTS) is 1. The number of carboxylic acids is 1. The first kappa shape index (κ1) is 11.2. The molecule has 0 aromatic carbocycles. The maximum Gasteiger partial charge on any atom is 0.332 e. The predicted octanol–water partition coefficient (Wildman–Crippen LogP) is -1.41. The summed E-state index contributed by atoms with van der Waals surface area (Å²) in [5.74, 6) is -1.48. The summed E-state index contributed by atoms with van der Waals surface area (Å²) in [7, 11) is 0. The number of aliphatic carboxylic acids is 1. The zero-order valence-corrected chi connectivity index (χ0v) is 6.91. The largest absolute Gasteiger partial charge is 0.479 e. The molecular weight excluding hydrogens is 188 g/mol. The molecule has 1 atom stereocenters. The van der Waals surface area contributed by atoms with Gasteiger partial charge in [-0.3, -0.25) is 9.63 Å². The van der Waals surface area contributed by atoms with Crippen molar-refractivity contribution >= 4 is 24.3 Å². The van der Waals surface area contributed by atoms with Crippen LogP contribution >= 0.6 is 12.4 Å². The van der Waals surface area contributed by atoms with Gasteiger partial charge in [0.05, 0.1) is 6.54 Å². The Bertz CT molecular complexity index is 198. The van der Waals surface area contributed by atoms with Crippen LogP contribution < -0.4 is 5.73 Å². The smallest absolute Gasteiger partial charge is 0.332 e. The van der Waals surface area contributed by atoms with Crippen LogP contribution in [0.4, 0.5) is 0 Å². The lowest BCUT2D eigenvalue weighted by atomic mass is 10.2. The highest BCUT2D eigenvalue weighted by molar-refractivity contribution is 5.86. The molecule has 1 amide bonds. The normalized spacial score (nSPS) is 21.2. The Kier molecular flexibility index (Phi) is 3.94. The molecule has 0 aromatic heterocycles. The minimum atomic E-state index is -1.11. The summed E-state index contributed by atoms with van der Waals surface area (Å²) >= 11 is 0. The average molecular weight is 197 g/mol. The minimum Gasteiger partial charge on any atom is -0.479 e. The number of hydrogen-bond donors (Lipinski definition) is 2. The second-order valence-corrected chi connectivity index (χ2v) is 2.17. The molecule has 0 bridgehead atoms. The number of carbonyl (C=O) groups excluding carboxylic acids is 1. The Morgan fingerprint density at radius 3 is 2.75 bits per heavy atom. The highest BCUT2D eigenvalue weighted by Gasteiger charge is 2.34. The Morgan fingerprint density at radius 1 is 1.83 bits per heavy atom. The van der Waals surface area contributed by atoms with Gasteiger partial charge in [0.15, 0.2) is 6.61 Å². The third-order valence-corrected chi connectivity index (χ3v) is 1.27. The van der Waals surface area contributed by atoms with E-state index in [0.717, 1.165) is 5.06 Å². The first-order valence-electron chi connectivity index (χ1n) is 3.03. The molecule has 1 rings (SSSR count). The molecule has 0 aliphatic carbocycles. The molecule has 6 nitrogen and oxygen atoms in total. The second-order valence-electron chi connectivity index (χ2n) is 2.17. The van der Waals surface area contributed by atoms with E-state index in [-0.39, 0.29) is 24.9 Å². The number of rotatable bonds is 3. The molecule has 1 aliphatic rings. The number of amides is 1. The molecule has 0 spiro atoms. The number of nitrogens with zero attached hydrogens (tertiary/aromatic N) is 1. The molecule has 3 N–H and O–H groups in total. The van der Waals surface area contributed by atoms with Crippen molar-refractivity contribution in [3.05, 3.63) is 0 Å². The van der Waals surface area contributed by atoms with Crippen LogP contribution in [0.5, 0.6) is 0 Å². The van der Waals surface area contributed by atoms with Gasteiger partial charge in [-0.05, 0) is 0 Å². The Labute approximate surface area is 74.6 Å². The van der Waals surface area contributed by atoms with Gasteiger partial charge in [-0.25, -0.2) is 9.86 Å². The van der Waals surface area contributed by atoms with Gasteiger partial charge in [-0.1, -0.05) is 0 Å². The summed E-state index contributed by atoms with van der Waals surface area (Å²) < 4.78 is 0. The Morgan fingerprint density at radius 2 is 2.42 bits per heavy atom. The van der Waals surface area contributed by atoms with Crippen molar-refractivity contribution in [1.82, 2.24) is 5.06 Å². The van der Waals surface area contributed by atoms with Crippen molar-refractivity contribution in [2.24, 2.45) is 5.73 Å². The van der Waals surface area contributed by atoms with E-state index < -0.39 is 18.6 Å². The van der Waals surface area contributed by atoms with E-state index in [1.165, 1.54) is 0 Å². The third kappa shape index (κ3) is 2.33. The van der Waals surface area contributed by atoms with Gasteiger partial charge in [0, 0.05) is 0 Å². The molecule has 7 heteroatoms. The number of hydroxylamine groups is 2. The van der Waals surface area contributed by atoms with Crippen LogP contribution in [0.3, 0.4) is 0 Å². The average Bonchev–Trinajstić information content (AvgIpc) is 1.96. The SMILES string of the molecule is Cl.NC1CN(OCC(=O)O)C1=O. The zero-order valence-electron chi connectivity index (χ0n) is 6.10. The van der Waals surface area contributed by atoms with E-state index in [0.29, 0.717) is 0 Å². The maximum atomic E-state index is 10.7. The molecular formula is C5H9ClN2O4. The summed E-state index contributed by atoms with van der Waals surface area (Å²) in [5.41, 5.74) is 5.20. The molecule has 0 saturated carbocycles. The van der Waals surface area contributed by atoms with Crippen molar-refractivity contribution in [1.29, 1.82) is 0 Å². The van der Waals surface area contributed by atoms with Crippen LogP contribution in [0, 0.1) is 0 Å². The molecule has 0 radical (unpaired) electrons. The molecule has 0 aromatic rings. The van der Waals surface area contributed by atoms with Gasteiger partial charge in [-0.2, -0.15) is 0 Å². The molecule has 1 heterocycles. The fraction of sp³-hybridized carbons (Fsp3) is 0.600. The fourth-order valence-electron chi connectivity index (χ4n) is 0.669. The van der Waals surface area contributed by atoms with E-state index in [2.05, 4.69) is 4.84 Å². The van der Waals surface area contributed by atoms with Crippen molar-refractivity contribution in [3.63, 3.8) is 0 Å². The number of β-lactam (4-membered cyclic amide) rings is 1. The van der Waals surface area contributed by atoms with Crippen LogP contribution in [0.25, 0.3) is 0 Å².